The molecule has 4 nitrogen and oxygen atoms in total. The average molecular weight is 384 g/mol. The number of fused-ring (bicyclic) bond motifs is 2. The molecule has 0 aliphatic carbocycles. The summed E-state index contributed by atoms with van der Waals surface area (Å²) in [6.07, 6.45) is 0.850. The van der Waals surface area contributed by atoms with Gasteiger partial charge in [0.05, 0.1) is 5.69 Å². The molecular formula is C24H21FN4. The van der Waals surface area contributed by atoms with Crippen LogP contribution in [0.15, 0.2) is 66.7 Å². The van der Waals surface area contributed by atoms with E-state index in [9.17, 15) is 0 Å². The molecule has 5 heteroatoms. The molecule has 5 rings (SSSR count). The molecule has 0 bridgehead atoms. The number of rotatable bonds is 2. The van der Waals surface area contributed by atoms with E-state index >= 15 is 4.39 Å². The van der Waals surface area contributed by atoms with E-state index in [1.165, 1.54) is 0 Å². The van der Waals surface area contributed by atoms with Gasteiger partial charge in [0.25, 0.3) is 0 Å². The van der Waals surface area contributed by atoms with E-state index in [4.69, 9.17) is 5.73 Å². The van der Waals surface area contributed by atoms with Crippen molar-refractivity contribution in [3.05, 3.63) is 89.2 Å². The van der Waals surface area contributed by atoms with Crippen molar-refractivity contribution >= 4 is 16.6 Å². The van der Waals surface area contributed by atoms with E-state index in [-0.39, 0.29) is 11.7 Å². The second-order valence-electron chi connectivity index (χ2n) is 7.50. The molecule has 1 unspecified atom stereocenters. The van der Waals surface area contributed by atoms with Crippen LogP contribution in [0.5, 0.6) is 0 Å². The zero-order valence-corrected chi connectivity index (χ0v) is 15.9. The normalized spacial score (nSPS) is 16.4. The van der Waals surface area contributed by atoms with Crippen molar-refractivity contribution in [1.82, 2.24) is 15.5 Å². The van der Waals surface area contributed by atoms with E-state index in [2.05, 4.69) is 27.6 Å². The van der Waals surface area contributed by atoms with Gasteiger partial charge in [-0.05, 0) is 70.8 Å². The van der Waals surface area contributed by atoms with Gasteiger partial charge in [-0.1, -0.05) is 36.4 Å². The van der Waals surface area contributed by atoms with Crippen LogP contribution < -0.4 is 11.1 Å². The lowest BCUT2D eigenvalue weighted by Crippen LogP contribution is -2.12. The summed E-state index contributed by atoms with van der Waals surface area (Å²) in [6, 6.07) is 21.5. The maximum absolute atomic E-state index is 15.1. The van der Waals surface area contributed by atoms with Gasteiger partial charge in [-0.25, -0.2) is 4.39 Å². The molecule has 1 aliphatic rings. The van der Waals surface area contributed by atoms with Gasteiger partial charge < -0.3 is 11.1 Å². The predicted molar refractivity (Wildman–Crippen MR) is 114 cm³/mol. The number of nitrogen functional groups attached to an aromatic ring is 1. The summed E-state index contributed by atoms with van der Waals surface area (Å²) in [4.78, 5) is 0. The summed E-state index contributed by atoms with van der Waals surface area (Å²) in [6.45, 7) is 1.58. The van der Waals surface area contributed by atoms with Crippen LogP contribution in [0.2, 0.25) is 0 Å². The largest absolute Gasteiger partial charge is 0.382 e. The number of benzene rings is 3. The fourth-order valence-electron chi connectivity index (χ4n) is 4.20. The van der Waals surface area contributed by atoms with E-state index in [1.54, 1.807) is 12.1 Å². The quantitative estimate of drug-likeness (QED) is 0.528. The highest BCUT2D eigenvalue weighted by molar-refractivity contribution is 5.83. The second kappa shape index (κ2) is 7.26. The van der Waals surface area contributed by atoms with Crippen LogP contribution in [0.3, 0.4) is 0 Å². The van der Waals surface area contributed by atoms with Crippen LogP contribution in [0, 0.1) is 5.82 Å². The fraction of sp³-hybridized carbons (Fsp3) is 0.167. The van der Waals surface area contributed by atoms with Gasteiger partial charge in [-0.2, -0.15) is 0 Å². The minimum Gasteiger partial charge on any atom is -0.382 e. The monoisotopic (exact) mass is 384 g/mol. The fourth-order valence-corrected chi connectivity index (χ4v) is 4.20. The standard InChI is InChI=1S/C24H21FN4/c25-22-13-16-4-2-1-3-15(16)12-21(22)20-9-10-27-14-18-11-17(5-6-19(18)20)23-7-8-24(26)29-28-23/h1-8,11-13,20,27H,9-10,14H2,(H2,26,29). The van der Waals surface area contributed by atoms with Gasteiger partial charge in [0, 0.05) is 18.0 Å². The van der Waals surface area contributed by atoms with Crippen LogP contribution in [0.1, 0.15) is 29.0 Å². The number of hydrogen-bond donors (Lipinski definition) is 2. The summed E-state index contributed by atoms with van der Waals surface area (Å²) in [5.41, 5.74) is 10.5. The second-order valence-corrected chi connectivity index (χ2v) is 7.50. The highest BCUT2D eigenvalue weighted by Gasteiger charge is 2.24. The molecule has 29 heavy (non-hydrogen) atoms. The van der Waals surface area contributed by atoms with Crippen molar-refractivity contribution in [1.29, 1.82) is 0 Å². The van der Waals surface area contributed by atoms with E-state index in [0.717, 1.165) is 58.2 Å². The van der Waals surface area contributed by atoms with Gasteiger partial charge >= 0.3 is 0 Å². The van der Waals surface area contributed by atoms with Crippen LogP contribution in [-0.2, 0) is 6.54 Å². The Morgan fingerprint density at radius 3 is 2.52 bits per heavy atom. The third-order valence-electron chi connectivity index (χ3n) is 5.66. The minimum absolute atomic E-state index is 0.0103. The summed E-state index contributed by atoms with van der Waals surface area (Å²) < 4.78 is 15.1. The Labute approximate surface area is 168 Å². The Morgan fingerprint density at radius 1 is 0.897 bits per heavy atom. The molecule has 0 fully saturated rings. The molecule has 0 amide bonds. The molecule has 4 aromatic rings. The van der Waals surface area contributed by atoms with E-state index in [0.29, 0.717) is 5.82 Å². The molecule has 144 valence electrons. The maximum Gasteiger partial charge on any atom is 0.146 e. The summed E-state index contributed by atoms with van der Waals surface area (Å²) in [5.74, 6) is 0.267. The van der Waals surface area contributed by atoms with Gasteiger partial charge in [0.1, 0.15) is 11.6 Å². The molecule has 0 saturated carbocycles. The Bertz CT molecular complexity index is 1190. The molecule has 1 atom stereocenters. The average Bonchev–Trinajstić information content (AvgIpc) is 2.95. The first-order valence-corrected chi connectivity index (χ1v) is 9.80. The van der Waals surface area contributed by atoms with Gasteiger partial charge in [0.15, 0.2) is 0 Å². The van der Waals surface area contributed by atoms with E-state index in [1.807, 2.05) is 42.5 Å². The highest BCUT2D eigenvalue weighted by Crippen LogP contribution is 2.36. The number of nitrogens with two attached hydrogens (primary N) is 1. The molecule has 0 radical (unpaired) electrons. The zero-order chi connectivity index (χ0) is 19.8. The van der Waals surface area contributed by atoms with Crippen LogP contribution in [0.4, 0.5) is 10.2 Å². The van der Waals surface area contributed by atoms with Crippen molar-refractivity contribution < 1.29 is 4.39 Å². The molecule has 0 spiro atoms. The lowest BCUT2D eigenvalue weighted by molar-refractivity contribution is 0.581. The topological polar surface area (TPSA) is 63.8 Å². The van der Waals surface area contributed by atoms with Crippen LogP contribution >= 0.6 is 0 Å². The first-order chi connectivity index (χ1) is 14.2. The molecule has 3 aromatic carbocycles. The SMILES string of the molecule is Nc1ccc(-c2ccc3c(c2)CNCCC3c2cc3ccccc3cc2F)nn1. The van der Waals surface area contributed by atoms with E-state index < -0.39 is 0 Å². The number of nitrogens with one attached hydrogen (secondary N) is 1. The Balaban J connectivity index is 1.60. The Kier molecular flexibility index (Phi) is 4.45. The van der Waals surface area contributed by atoms with Crippen LogP contribution in [-0.4, -0.2) is 16.7 Å². The summed E-state index contributed by atoms with van der Waals surface area (Å²) in [5, 5.41) is 13.6. The molecule has 1 aromatic heterocycles. The Morgan fingerprint density at radius 2 is 1.72 bits per heavy atom. The first kappa shape index (κ1) is 17.8. The maximum atomic E-state index is 15.1. The Hall–Kier alpha value is -3.31. The van der Waals surface area contributed by atoms with Gasteiger partial charge in [0.2, 0.25) is 0 Å². The van der Waals surface area contributed by atoms with Crippen molar-refractivity contribution in [2.75, 3.05) is 12.3 Å². The third-order valence-corrected chi connectivity index (χ3v) is 5.66. The lowest BCUT2D eigenvalue weighted by Gasteiger charge is -2.20. The first-order valence-electron chi connectivity index (χ1n) is 9.80. The molecule has 3 N–H and O–H groups in total. The highest BCUT2D eigenvalue weighted by atomic mass is 19.1. The molecule has 1 aliphatic heterocycles. The van der Waals surface area contributed by atoms with Crippen molar-refractivity contribution in [2.45, 2.75) is 18.9 Å². The van der Waals surface area contributed by atoms with Crippen molar-refractivity contribution in [2.24, 2.45) is 0 Å². The predicted octanol–water partition coefficient (Wildman–Crippen LogP) is 4.64. The molecule has 0 saturated heterocycles. The number of halogens is 1. The minimum atomic E-state index is -0.143. The summed E-state index contributed by atoms with van der Waals surface area (Å²) in [7, 11) is 0. The number of anilines is 1. The van der Waals surface area contributed by atoms with Gasteiger partial charge in [-0.3, -0.25) is 0 Å². The molecular weight excluding hydrogens is 363 g/mol. The number of aromatic nitrogens is 2. The molecule has 2 heterocycles. The third kappa shape index (κ3) is 3.34. The number of nitrogens with zero attached hydrogens (tertiary/aromatic N) is 2. The summed E-state index contributed by atoms with van der Waals surface area (Å²) >= 11 is 0. The van der Waals surface area contributed by atoms with Crippen molar-refractivity contribution in [3.63, 3.8) is 0 Å². The lowest BCUT2D eigenvalue weighted by atomic mass is 9.84. The van der Waals surface area contributed by atoms with Crippen LogP contribution in [0.25, 0.3) is 22.0 Å². The van der Waals surface area contributed by atoms with Crippen molar-refractivity contribution in [3.8, 4) is 11.3 Å². The zero-order valence-electron chi connectivity index (χ0n) is 15.9. The smallest absolute Gasteiger partial charge is 0.146 e. The van der Waals surface area contributed by atoms with Gasteiger partial charge in [-0.15, -0.1) is 10.2 Å². The number of hydrogen-bond acceptors (Lipinski definition) is 4.